The van der Waals surface area contributed by atoms with Gasteiger partial charge in [-0.2, -0.15) is 0 Å². The molecule has 4 atom stereocenters. The molecule has 1 aliphatic carbocycles. The van der Waals surface area contributed by atoms with Gasteiger partial charge in [0.1, 0.15) is 17.9 Å². The van der Waals surface area contributed by atoms with Crippen LogP contribution in [-0.2, 0) is 4.74 Å². The highest BCUT2D eigenvalue weighted by Gasteiger charge is 2.45. The molecule has 142 valence electrons. The van der Waals surface area contributed by atoms with Crippen molar-refractivity contribution in [1.82, 2.24) is 9.97 Å². The summed E-state index contributed by atoms with van der Waals surface area (Å²) in [5.74, 6) is 7.26. The van der Waals surface area contributed by atoms with E-state index in [-0.39, 0.29) is 37.0 Å². The van der Waals surface area contributed by atoms with Crippen LogP contribution in [0.4, 0.5) is 17.3 Å². The minimum Gasteiger partial charge on any atom is -0.394 e. The molecule has 0 saturated heterocycles. The molecule has 1 heterocycles. The normalized spacial score (nSPS) is 26.1. The van der Waals surface area contributed by atoms with Crippen LogP contribution >= 0.6 is 11.8 Å². The van der Waals surface area contributed by atoms with Crippen molar-refractivity contribution >= 4 is 29.1 Å². The van der Waals surface area contributed by atoms with Crippen molar-refractivity contribution in [2.45, 2.75) is 49.3 Å². The lowest BCUT2D eigenvalue weighted by Crippen LogP contribution is -2.48. The molecule has 0 aliphatic heterocycles. The summed E-state index contributed by atoms with van der Waals surface area (Å²) in [5.41, 5.74) is 11.9. The van der Waals surface area contributed by atoms with Gasteiger partial charge in [-0.3, -0.25) is 5.01 Å². The third-order valence-electron chi connectivity index (χ3n) is 3.99. The lowest BCUT2D eigenvalue weighted by atomic mass is 10.2. The summed E-state index contributed by atoms with van der Waals surface area (Å²) >= 11 is 1.43. The van der Waals surface area contributed by atoms with E-state index in [1.165, 1.54) is 16.8 Å². The van der Waals surface area contributed by atoms with Crippen LogP contribution in [0.15, 0.2) is 5.16 Å². The predicted octanol–water partition coefficient (Wildman–Crippen LogP) is -1.31. The van der Waals surface area contributed by atoms with Crippen LogP contribution in [0.3, 0.4) is 0 Å². The van der Waals surface area contributed by atoms with E-state index in [9.17, 15) is 10.2 Å². The maximum absolute atomic E-state index is 10.3. The molecule has 2 unspecified atom stereocenters. The van der Waals surface area contributed by atoms with E-state index in [2.05, 4.69) is 9.97 Å². The van der Waals surface area contributed by atoms with Crippen molar-refractivity contribution in [1.29, 1.82) is 0 Å². The number of hydrogen-bond acceptors (Lipinski definition) is 11. The zero-order chi connectivity index (χ0) is 18.6. The number of rotatable bonds is 8. The first kappa shape index (κ1) is 19.9. The fraction of sp³-hybridized carbons (Fsp3) is 0.714. The molecule has 0 spiro atoms. The first-order valence-corrected chi connectivity index (χ1v) is 9.07. The molecular weight excluding hydrogens is 348 g/mol. The zero-order valence-electron chi connectivity index (χ0n) is 14.1. The van der Waals surface area contributed by atoms with Gasteiger partial charge in [0.2, 0.25) is 0 Å². The van der Waals surface area contributed by atoms with Gasteiger partial charge in [-0.05, 0) is 6.42 Å². The Bertz CT molecular complexity index is 580. The Kier molecular flexibility index (Phi) is 7.04. The van der Waals surface area contributed by atoms with Crippen molar-refractivity contribution in [2.75, 3.05) is 35.4 Å². The van der Waals surface area contributed by atoms with E-state index in [0.717, 1.165) is 12.2 Å². The van der Waals surface area contributed by atoms with Gasteiger partial charge in [-0.15, -0.1) is 0 Å². The number of hydrazine groups is 1. The standard InChI is InChI=1S/C14H26N6O4S/c1-2-5-25-14-18-12(16)9(15)13(19-14)20(17)7-6-8(24-4-3-21)11(23)10(7)22/h7-8,10-11,21-23H,2-6,15,17H2,1H3,(H2,16,18,19)/t7?,8?,10-,11+/m0/s1. The minimum atomic E-state index is -1.16. The van der Waals surface area contributed by atoms with Gasteiger partial charge >= 0.3 is 0 Å². The van der Waals surface area contributed by atoms with Gasteiger partial charge in [-0.25, -0.2) is 15.8 Å². The second kappa shape index (κ2) is 8.83. The van der Waals surface area contributed by atoms with Gasteiger partial charge in [0, 0.05) is 12.2 Å². The van der Waals surface area contributed by atoms with Crippen LogP contribution in [-0.4, -0.2) is 68.6 Å². The maximum Gasteiger partial charge on any atom is 0.191 e. The number of thioether (sulfide) groups is 1. The van der Waals surface area contributed by atoms with Gasteiger partial charge in [0.25, 0.3) is 0 Å². The number of nitrogens with zero attached hydrogens (tertiary/aromatic N) is 3. The number of nitrogens with two attached hydrogens (primary N) is 3. The molecule has 1 aromatic heterocycles. The number of aliphatic hydroxyl groups excluding tert-OH is 3. The van der Waals surface area contributed by atoms with Gasteiger partial charge in [-0.1, -0.05) is 18.7 Å². The van der Waals surface area contributed by atoms with Gasteiger partial charge < -0.3 is 31.5 Å². The number of hydrogen-bond donors (Lipinski definition) is 6. The van der Waals surface area contributed by atoms with Gasteiger partial charge in [0.15, 0.2) is 16.8 Å². The Morgan fingerprint density at radius 1 is 1.28 bits per heavy atom. The molecule has 1 aliphatic rings. The molecule has 0 bridgehead atoms. The first-order valence-electron chi connectivity index (χ1n) is 8.09. The maximum atomic E-state index is 10.3. The average Bonchev–Trinajstić information content (AvgIpc) is 2.88. The number of ether oxygens (including phenoxy) is 1. The first-order chi connectivity index (χ1) is 11.9. The topological polar surface area (TPSA) is 177 Å². The number of aliphatic hydroxyl groups is 3. The lowest BCUT2D eigenvalue weighted by Gasteiger charge is -2.28. The number of nitrogen functional groups attached to an aromatic ring is 2. The van der Waals surface area contributed by atoms with Crippen LogP contribution in [0, 0.1) is 0 Å². The second-order valence-corrected chi connectivity index (χ2v) is 6.86. The molecule has 1 saturated carbocycles. The van der Waals surface area contributed by atoms with Crippen LogP contribution in [0.25, 0.3) is 0 Å². The van der Waals surface area contributed by atoms with Gasteiger partial charge in [0.05, 0.1) is 25.4 Å². The van der Waals surface area contributed by atoms with Crippen molar-refractivity contribution < 1.29 is 20.1 Å². The summed E-state index contributed by atoms with van der Waals surface area (Å²) in [6.07, 6.45) is -1.74. The zero-order valence-corrected chi connectivity index (χ0v) is 14.9. The smallest absolute Gasteiger partial charge is 0.191 e. The van der Waals surface area contributed by atoms with Crippen LogP contribution in [0.2, 0.25) is 0 Å². The molecule has 10 nitrogen and oxygen atoms in total. The summed E-state index contributed by atoms with van der Waals surface area (Å²) in [4.78, 5) is 8.46. The molecule has 0 amide bonds. The molecule has 9 N–H and O–H groups in total. The Morgan fingerprint density at radius 3 is 2.64 bits per heavy atom. The predicted molar refractivity (Wildman–Crippen MR) is 95.8 cm³/mol. The second-order valence-electron chi connectivity index (χ2n) is 5.80. The van der Waals surface area contributed by atoms with Crippen LogP contribution in [0.5, 0.6) is 0 Å². The molecular formula is C14H26N6O4S. The van der Waals surface area contributed by atoms with E-state index in [1.54, 1.807) is 0 Å². The molecule has 11 heteroatoms. The molecule has 0 aromatic carbocycles. The average molecular weight is 374 g/mol. The summed E-state index contributed by atoms with van der Waals surface area (Å²) in [6, 6.07) is -0.667. The summed E-state index contributed by atoms with van der Waals surface area (Å²) < 4.78 is 5.35. The monoisotopic (exact) mass is 374 g/mol. The van der Waals surface area contributed by atoms with E-state index < -0.39 is 24.4 Å². The Labute approximate surface area is 150 Å². The van der Waals surface area contributed by atoms with Crippen molar-refractivity contribution in [3.63, 3.8) is 0 Å². The Hall–Kier alpha value is -1.37. The number of aromatic nitrogens is 2. The largest absolute Gasteiger partial charge is 0.394 e. The molecule has 1 aromatic rings. The fourth-order valence-electron chi connectivity index (χ4n) is 2.68. The summed E-state index contributed by atoms with van der Waals surface area (Å²) in [5, 5.41) is 30.9. The summed E-state index contributed by atoms with van der Waals surface area (Å²) in [7, 11) is 0. The van der Waals surface area contributed by atoms with E-state index in [1.807, 2.05) is 6.92 Å². The SMILES string of the molecule is CCCSc1nc(N)c(N)c(N(N)C2CC(OCCO)[C@@H](O)[C@H]2O)n1. The van der Waals surface area contributed by atoms with E-state index in [4.69, 9.17) is 27.2 Å². The molecule has 0 radical (unpaired) electrons. The van der Waals surface area contributed by atoms with Crippen molar-refractivity contribution in [2.24, 2.45) is 5.84 Å². The molecule has 1 fully saturated rings. The molecule has 2 rings (SSSR count). The molecule has 25 heavy (non-hydrogen) atoms. The minimum absolute atomic E-state index is 0.0616. The summed E-state index contributed by atoms with van der Waals surface area (Å²) in [6.45, 7) is 1.92. The van der Waals surface area contributed by atoms with E-state index >= 15 is 0 Å². The van der Waals surface area contributed by atoms with Crippen molar-refractivity contribution in [3.8, 4) is 0 Å². The number of anilines is 3. The highest BCUT2D eigenvalue weighted by Crippen LogP contribution is 2.33. The quantitative estimate of drug-likeness (QED) is 0.138. The third-order valence-corrected chi connectivity index (χ3v) is 5.05. The van der Waals surface area contributed by atoms with Crippen LogP contribution < -0.4 is 22.3 Å². The van der Waals surface area contributed by atoms with Crippen LogP contribution in [0.1, 0.15) is 19.8 Å². The highest BCUT2D eigenvalue weighted by atomic mass is 32.2. The Balaban J connectivity index is 2.21. The van der Waals surface area contributed by atoms with Crippen molar-refractivity contribution in [3.05, 3.63) is 0 Å². The van der Waals surface area contributed by atoms with E-state index in [0.29, 0.717) is 5.16 Å². The highest BCUT2D eigenvalue weighted by molar-refractivity contribution is 7.99. The lowest BCUT2D eigenvalue weighted by molar-refractivity contribution is -0.0616. The fourth-order valence-corrected chi connectivity index (χ4v) is 3.38. The third kappa shape index (κ3) is 4.43. The Morgan fingerprint density at radius 2 is 2.00 bits per heavy atom.